The van der Waals surface area contributed by atoms with Crippen molar-refractivity contribution in [3.05, 3.63) is 0 Å². The third kappa shape index (κ3) is 23.2. The molecule has 0 saturated heterocycles. The summed E-state index contributed by atoms with van der Waals surface area (Å²) in [5.41, 5.74) is -1.28. The van der Waals surface area contributed by atoms with Crippen molar-refractivity contribution in [3.63, 3.8) is 0 Å². The number of carbonyl (C=O) groups excluding carboxylic acids is 1. The van der Waals surface area contributed by atoms with Gasteiger partial charge in [-0.15, -0.1) is 0 Å². The summed E-state index contributed by atoms with van der Waals surface area (Å²) in [4.78, 5) is 40.6. The Balaban J connectivity index is 0. The first-order valence-electron chi connectivity index (χ1n) is 9.75. The zero-order chi connectivity index (χ0) is 23.5. The Morgan fingerprint density at radius 1 is 0.690 bits per heavy atom. The van der Waals surface area contributed by atoms with Crippen molar-refractivity contribution < 1.29 is 43.9 Å². The summed E-state index contributed by atoms with van der Waals surface area (Å²) in [5, 5.41) is 4.19. The largest absolute Gasteiger partial charge is 0.542 e. The van der Waals surface area contributed by atoms with E-state index in [2.05, 4.69) is 19.6 Å². The molecule has 0 bridgehead atoms. The molecule has 0 aliphatic heterocycles. The molecule has 9 nitrogen and oxygen atoms in total. The second kappa shape index (κ2) is 12.7. The van der Waals surface area contributed by atoms with E-state index in [0.29, 0.717) is 6.42 Å². The predicted molar refractivity (Wildman–Crippen MR) is 107 cm³/mol. The Hall–Kier alpha value is -0.970. The minimum Gasteiger partial charge on any atom is -0.430 e. The van der Waals surface area contributed by atoms with Gasteiger partial charge in [-0.05, 0) is 88.1 Å². The van der Waals surface area contributed by atoms with E-state index in [1.165, 1.54) is 0 Å². The van der Waals surface area contributed by atoms with Crippen LogP contribution in [0.4, 0.5) is 4.79 Å². The summed E-state index contributed by atoms with van der Waals surface area (Å²) >= 11 is 0. The number of ether oxygens (including phenoxy) is 1. The van der Waals surface area contributed by atoms with Gasteiger partial charge in [-0.2, -0.15) is 14.7 Å². The van der Waals surface area contributed by atoms with Crippen molar-refractivity contribution in [2.75, 3.05) is 0 Å². The van der Waals surface area contributed by atoms with E-state index in [4.69, 9.17) is 19.6 Å². The lowest BCUT2D eigenvalue weighted by molar-refractivity contribution is -0.536. The van der Waals surface area contributed by atoms with Crippen molar-refractivity contribution in [3.8, 4) is 0 Å². The fraction of sp³-hybridized carbons (Fsp3) is 0.950. The SMILES string of the molecule is CC(C)OC(=O)OOOC(C)(C)C.CCC(C)(OOC(C)(C)C)OOC(C)(C)C. The smallest absolute Gasteiger partial charge is 0.430 e. The Morgan fingerprint density at radius 2 is 1.07 bits per heavy atom. The van der Waals surface area contributed by atoms with E-state index in [1.54, 1.807) is 41.5 Å². The number of rotatable bonds is 8. The van der Waals surface area contributed by atoms with Crippen molar-refractivity contribution >= 4 is 6.16 Å². The summed E-state index contributed by atoms with van der Waals surface area (Å²) in [7, 11) is 0. The van der Waals surface area contributed by atoms with E-state index in [0.717, 1.165) is 0 Å². The van der Waals surface area contributed by atoms with Crippen LogP contribution in [0.3, 0.4) is 0 Å². The van der Waals surface area contributed by atoms with Crippen LogP contribution in [0, 0.1) is 0 Å². The molecule has 0 fully saturated rings. The Morgan fingerprint density at radius 3 is 1.34 bits per heavy atom. The van der Waals surface area contributed by atoms with Crippen molar-refractivity contribution in [1.29, 1.82) is 0 Å². The van der Waals surface area contributed by atoms with Crippen LogP contribution in [-0.2, 0) is 39.1 Å². The highest BCUT2D eigenvalue weighted by Crippen LogP contribution is 2.24. The fourth-order valence-corrected chi connectivity index (χ4v) is 0.917. The van der Waals surface area contributed by atoms with Crippen LogP contribution in [0.1, 0.15) is 96.4 Å². The lowest BCUT2D eigenvalue weighted by Crippen LogP contribution is -2.38. The highest BCUT2D eigenvalue weighted by Gasteiger charge is 2.31. The number of hydrogen-bond acceptors (Lipinski definition) is 9. The first kappa shape index (κ1) is 30.2. The summed E-state index contributed by atoms with van der Waals surface area (Å²) in [5.74, 6) is -0.888. The second-order valence-electron chi connectivity index (χ2n) is 9.81. The van der Waals surface area contributed by atoms with Gasteiger partial charge in [0.05, 0.1) is 22.9 Å². The van der Waals surface area contributed by atoms with Crippen molar-refractivity contribution in [2.45, 2.75) is 125 Å². The van der Waals surface area contributed by atoms with Gasteiger partial charge in [0, 0.05) is 6.42 Å². The molecule has 0 aromatic heterocycles. The maximum Gasteiger partial charge on any atom is 0.542 e. The molecule has 0 rings (SSSR count). The molecule has 0 saturated carbocycles. The van der Waals surface area contributed by atoms with Crippen LogP contribution >= 0.6 is 0 Å². The molecule has 0 atom stereocenters. The first-order valence-corrected chi connectivity index (χ1v) is 9.75. The molecular formula is C20H42O9. The lowest BCUT2D eigenvalue weighted by Gasteiger charge is -2.31. The van der Waals surface area contributed by atoms with Gasteiger partial charge in [-0.25, -0.2) is 19.5 Å². The maximum atomic E-state index is 10.7. The monoisotopic (exact) mass is 426 g/mol. The van der Waals surface area contributed by atoms with Gasteiger partial charge in [-0.3, -0.25) is 0 Å². The molecule has 176 valence electrons. The molecule has 0 spiro atoms. The highest BCUT2D eigenvalue weighted by atomic mass is 17.5. The average molecular weight is 427 g/mol. The molecule has 0 aliphatic rings. The molecule has 0 aliphatic carbocycles. The molecule has 0 radical (unpaired) electrons. The van der Waals surface area contributed by atoms with E-state index >= 15 is 0 Å². The maximum absolute atomic E-state index is 10.7. The molecular weight excluding hydrogens is 384 g/mol. The van der Waals surface area contributed by atoms with Crippen LogP contribution in [-0.4, -0.2) is 34.8 Å². The number of carbonyl (C=O) groups is 1. The summed E-state index contributed by atoms with van der Waals surface area (Å²) < 4.78 is 4.60. The van der Waals surface area contributed by atoms with Gasteiger partial charge < -0.3 is 4.74 Å². The van der Waals surface area contributed by atoms with Gasteiger partial charge in [0.1, 0.15) is 0 Å². The minimum atomic E-state index is -0.917. The van der Waals surface area contributed by atoms with E-state index < -0.39 is 17.5 Å². The molecule has 0 aromatic rings. The van der Waals surface area contributed by atoms with Gasteiger partial charge in [0.25, 0.3) is 0 Å². The summed E-state index contributed by atoms with van der Waals surface area (Å²) in [6, 6.07) is 0. The quantitative estimate of drug-likeness (QED) is 0.206. The minimum absolute atomic E-state index is 0.245. The molecule has 0 aromatic carbocycles. The normalized spacial score (nSPS) is 13.0. The summed E-state index contributed by atoms with van der Waals surface area (Å²) in [6.45, 7) is 23.9. The summed E-state index contributed by atoms with van der Waals surface area (Å²) in [6.07, 6.45) is -0.538. The van der Waals surface area contributed by atoms with Crippen LogP contribution < -0.4 is 0 Å². The fourth-order valence-electron chi connectivity index (χ4n) is 0.917. The predicted octanol–water partition coefficient (Wildman–Crippen LogP) is 5.82. The van der Waals surface area contributed by atoms with Gasteiger partial charge in [0.15, 0.2) is 0 Å². The second-order valence-corrected chi connectivity index (χ2v) is 9.81. The van der Waals surface area contributed by atoms with Crippen LogP contribution in [0.2, 0.25) is 0 Å². The Kier molecular flexibility index (Phi) is 13.2. The zero-order valence-electron chi connectivity index (χ0n) is 20.5. The van der Waals surface area contributed by atoms with Crippen LogP contribution in [0.15, 0.2) is 0 Å². The lowest BCUT2D eigenvalue weighted by atomic mass is 10.2. The van der Waals surface area contributed by atoms with E-state index in [1.807, 2.05) is 48.5 Å². The highest BCUT2D eigenvalue weighted by molar-refractivity contribution is 5.59. The molecule has 0 amide bonds. The molecule has 9 heteroatoms. The van der Waals surface area contributed by atoms with Crippen LogP contribution in [0.5, 0.6) is 0 Å². The third-order valence-electron chi connectivity index (χ3n) is 2.30. The zero-order valence-corrected chi connectivity index (χ0v) is 20.5. The van der Waals surface area contributed by atoms with Crippen LogP contribution in [0.25, 0.3) is 0 Å². The standard InChI is InChI=1S/C12H26O4.C8H16O5/c1-9-12(8,15-13-10(2,3)4)16-14-11(5,6)7;1-6(2)10-7(9)11-13-12-8(3,4)5/h9H2,1-8H3;6H,1-5H3. The molecule has 0 N–H and O–H groups in total. The first-order chi connectivity index (χ1) is 12.8. The van der Waals surface area contributed by atoms with E-state index in [9.17, 15) is 4.79 Å². The van der Waals surface area contributed by atoms with E-state index in [-0.39, 0.29) is 17.3 Å². The third-order valence-corrected chi connectivity index (χ3v) is 2.30. The Bertz CT molecular complexity index is 424. The topological polar surface area (TPSA) is 90.9 Å². The molecule has 0 heterocycles. The number of hydrogen-bond donors (Lipinski definition) is 0. The average Bonchev–Trinajstić information content (AvgIpc) is 2.48. The van der Waals surface area contributed by atoms with Gasteiger partial charge >= 0.3 is 6.16 Å². The van der Waals surface area contributed by atoms with Crippen molar-refractivity contribution in [1.82, 2.24) is 0 Å². The Labute approximate surface area is 175 Å². The van der Waals surface area contributed by atoms with Gasteiger partial charge in [-0.1, -0.05) is 6.92 Å². The molecule has 0 unspecified atom stereocenters. The van der Waals surface area contributed by atoms with Crippen molar-refractivity contribution in [2.24, 2.45) is 0 Å². The molecule has 29 heavy (non-hydrogen) atoms. The van der Waals surface area contributed by atoms with Gasteiger partial charge in [0.2, 0.25) is 5.79 Å².